The van der Waals surface area contributed by atoms with Gasteiger partial charge in [-0.3, -0.25) is 0 Å². The fraction of sp³-hybridized carbons (Fsp3) is 1.00. The molecule has 0 aromatic rings. The van der Waals surface area contributed by atoms with Crippen LogP contribution in [-0.2, 0) is 4.74 Å². The maximum Gasteiger partial charge on any atom is 0.0549 e. The van der Waals surface area contributed by atoms with Gasteiger partial charge in [0.2, 0.25) is 0 Å². The summed E-state index contributed by atoms with van der Waals surface area (Å²) in [6.07, 6.45) is 3.73. The third-order valence-corrected chi connectivity index (χ3v) is 1.80. The topological polar surface area (TPSA) is 35.2 Å². The zero-order valence-electron chi connectivity index (χ0n) is 8.68. The minimum absolute atomic E-state index is 0.405. The molecule has 2 nitrogen and oxygen atoms in total. The van der Waals surface area contributed by atoms with Crippen molar-refractivity contribution in [3.05, 3.63) is 0 Å². The van der Waals surface area contributed by atoms with Crippen LogP contribution in [0.4, 0.5) is 0 Å². The van der Waals surface area contributed by atoms with E-state index in [9.17, 15) is 0 Å². The van der Waals surface area contributed by atoms with Crippen LogP contribution in [-0.4, -0.2) is 19.3 Å². The summed E-state index contributed by atoms with van der Waals surface area (Å²) in [6, 6.07) is 0. The highest BCUT2D eigenvalue weighted by Crippen LogP contribution is 2.07. The molecule has 0 aliphatic carbocycles. The standard InChI is InChI=1S/C10H23NO/c1-9(2)8-10(3)12-7-5-4-6-11/h9-10H,4-8,11H2,1-3H3. The molecule has 0 aromatic heterocycles. The van der Waals surface area contributed by atoms with Crippen LogP contribution in [0.2, 0.25) is 0 Å². The number of unbranched alkanes of at least 4 members (excludes halogenated alkanes) is 1. The first kappa shape index (κ1) is 11.9. The summed E-state index contributed by atoms with van der Waals surface area (Å²) < 4.78 is 5.60. The SMILES string of the molecule is CC(C)CC(C)OCCCCN. The van der Waals surface area contributed by atoms with Crippen LogP contribution < -0.4 is 5.73 Å². The van der Waals surface area contributed by atoms with Crippen LogP contribution in [0.25, 0.3) is 0 Å². The summed E-state index contributed by atoms with van der Waals surface area (Å²) in [6.45, 7) is 8.23. The Morgan fingerprint density at radius 2 is 1.83 bits per heavy atom. The maximum absolute atomic E-state index is 5.60. The molecule has 0 aliphatic heterocycles. The van der Waals surface area contributed by atoms with Crippen molar-refractivity contribution in [3.8, 4) is 0 Å². The van der Waals surface area contributed by atoms with Crippen molar-refractivity contribution in [3.63, 3.8) is 0 Å². The van der Waals surface area contributed by atoms with Crippen molar-refractivity contribution in [1.29, 1.82) is 0 Å². The number of hydrogen-bond donors (Lipinski definition) is 1. The highest BCUT2D eigenvalue weighted by atomic mass is 16.5. The first-order valence-corrected chi connectivity index (χ1v) is 4.98. The van der Waals surface area contributed by atoms with Gasteiger partial charge >= 0.3 is 0 Å². The van der Waals surface area contributed by atoms with Crippen molar-refractivity contribution in [1.82, 2.24) is 0 Å². The highest BCUT2D eigenvalue weighted by molar-refractivity contribution is 4.53. The third kappa shape index (κ3) is 8.02. The molecule has 0 saturated carbocycles. The van der Waals surface area contributed by atoms with Gasteiger partial charge in [0.15, 0.2) is 0 Å². The van der Waals surface area contributed by atoms with Gasteiger partial charge in [-0.2, -0.15) is 0 Å². The molecule has 2 heteroatoms. The van der Waals surface area contributed by atoms with Gasteiger partial charge in [-0.15, -0.1) is 0 Å². The Bertz CT molecular complexity index is 93.8. The zero-order valence-corrected chi connectivity index (χ0v) is 8.68. The smallest absolute Gasteiger partial charge is 0.0549 e. The van der Waals surface area contributed by atoms with Crippen molar-refractivity contribution < 1.29 is 4.74 Å². The second kappa shape index (κ2) is 7.56. The Morgan fingerprint density at radius 1 is 1.17 bits per heavy atom. The number of ether oxygens (including phenoxy) is 1. The van der Waals surface area contributed by atoms with E-state index in [0.717, 1.165) is 38.3 Å². The van der Waals surface area contributed by atoms with E-state index in [1.54, 1.807) is 0 Å². The van der Waals surface area contributed by atoms with Gasteiger partial charge in [-0.1, -0.05) is 13.8 Å². The van der Waals surface area contributed by atoms with Gasteiger partial charge in [0.05, 0.1) is 6.10 Å². The molecule has 0 aromatic carbocycles. The Kier molecular flexibility index (Phi) is 7.51. The lowest BCUT2D eigenvalue weighted by Gasteiger charge is -2.14. The van der Waals surface area contributed by atoms with E-state index in [0.29, 0.717) is 6.10 Å². The molecule has 0 bridgehead atoms. The summed E-state index contributed by atoms with van der Waals surface area (Å²) in [5.74, 6) is 0.731. The first-order valence-electron chi connectivity index (χ1n) is 4.98. The lowest BCUT2D eigenvalue weighted by atomic mass is 10.1. The molecule has 74 valence electrons. The van der Waals surface area contributed by atoms with E-state index >= 15 is 0 Å². The average molecular weight is 173 g/mol. The molecule has 0 amide bonds. The molecule has 0 fully saturated rings. The van der Waals surface area contributed by atoms with Crippen molar-refractivity contribution in [2.75, 3.05) is 13.2 Å². The quantitative estimate of drug-likeness (QED) is 0.599. The predicted octanol–water partition coefficient (Wildman–Crippen LogP) is 2.18. The van der Waals surface area contributed by atoms with E-state index < -0.39 is 0 Å². The number of hydrogen-bond acceptors (Lipinski definition) is 2. The van der Waals surface area contributed by atoms with Crippen LogP contribution in [0, 0.1) is 5.92 Å². The van der Waals surface area contributed by atoms with Gasteiger partial charge in [0.1, 0.15) is 0 Å². The van der Waals surface area contributed by atoms with Crippen molar-refractivity contribution in [2.24, 2.45) is 11.7 Å². The van der Waals surface area contributed by atoms with Crippen LogP contribution in [0.5, 0.6) is 0 Å². The predicted molar refractivity (Wildman–Crippen MR) is 53.2 cm³/mol. The van der Waals surface area contributed by atoms with Crippen LogP contribution in [0.3, 0.4) is 0 Å². The lowest BCUT2D eigenvalue weighted by molar-refractivity contribution is 0.0499. The van der Waals surface area contributed by atoms with Crippen LogP contribution in [0.15, 0.2) is 0 Å². The summed E-state index contributed by atoms with van der Waals surface area (Å²) in [7, 11) is 0. The second-order valence-electron chi connectivity index (χ2n) is 3.81. The molecule has 0 radical (unpaired) electrons. The molecule has 0 spiro atoms. The minimum atomic E-state index is 0.405. The fourth-order valence-corrected chi connectivity index (χ4v) is 1.26. The van der Waals surface area contributed by atoms with E-state index in [1.165, 1.54) is 0 Å². The first-order chi connectivity index (χ1) is 5.66. The Labute approximate surface area is 76.5 Å². The van der Waals surface area contributed by atoms with Gasteiger partial charge < -0.3 is 10.5 Å². The number of rotatable bonds is 7. The monoisotopic (exact) mass is 173 g/mol. The zero-order chi connectivity index (χ0) is 9.40. The van der Waals surface area contributed by atoms with Gasteiger partial charge in [0.25, 0.3) is 0 Å². The molecule has 0 aliphatic rings. The molecule has 1 unspecified atom stereocenters. The van der Waals surface area contributed by atoms with Crippen LogP contribution in [0.1, 0.15) is 40.0 Å². The number of nitrogens with two attached hydrogens (primary N) is 1. The maximum atomic E-state index is 5.60. The lowest BCUT2D eigenvalue weighted by Crippen LogP contribution is -2.12. The Balaban J connectivity index is 3.14. The fourth-order valence-electron chi connectivity index (χ4n) is 1.26. The largest absolute Gasteiger partial charge is 0.378 e. The van der Waals surface area contributed by atoms with Gasteiger partial charge in [-0.25, -0.2) is 0 Å². The van der Waals surface area contributed by atoms with Crippen LogP contribution >= 0.6 is 0 Å². The van der Waals surface area contributed by atoms with E-state index in [2.05, 4.69) is 20.8 Å². The van der Waals surface area contributed by atoms with Gasteiger partial charge in [-0.05, 0) is 38.6 Å². The summed E-state index contributed by atoms with van der Waals surface area (Å²) >= 11 is 0. The molecule has 0 heterocycles. The molecular weight excluding hydrogens is 150 g/mol. The normalized spacial score (nSPS) is 13.8. The Morgan fingerprint density at radius 3 is 2.33 bits per heavy atom. The molecular formula is C10H23NO. The molecule has 0 saturated heterocycles. The minimum Gasteiger partial charge on any atom is -0.378 e. The summed E-state index contributed by atoms with van der Waals surface area (Å²) in [5.41, 5.74) is 5.37. The highest BCUT2D eigenvalue weighted by Gasteiger charge is 2.03. The van der Waals surface area contributed by atoms with Crippen molar-refractivity contribution in [2.45, 2.75) is 46.1 Å². The molecule has 12 heavy (non-hydrogen) atoms. The third-order valence-electron chi connectivity index (χ3n) is 1.80. The molecule has 1 atom stereocenters. The average Bonchev–Trinajstić information content (AvgIpc) is 1.97. The van der Waals surface area contributed by atoms with E-state index in [4.69, 9.17) is 10.5 Å². The van der Waals surface area contributed by atoms with E-state index in [1.807, 2.05) is 0 Å². The van der Waals surface area contributed by atoms with Crippen molar-refractivity contribution >= 4 is 0 Å². The van der Waals surface area contributed by atoms with E-state index in [-0.39, 0.29) is 0 Å². The summed E-state index contributed by atoms with van der Waals surface area (Å²) in [4.78, 5) is 0. The molecule has 0 rings (SSSR count). The Hall–Kier alpha value is -0.0800. The molecule has 2 N–H and O–H groups in total. The van der Waals surface area contributed by atoms with Gasteiger partial charge in [0, 0.05) is 6.61 Å². The second-order valence-corrected chi connectivity index (χ2v) is 3.81. The summed E-state index contributed by atoms with van der Waals surface area (Å²) in [5, 5.41) is 0.